The zero-order chi connectivity index (χ0) is 19.5. The number of nitrogens with one attached hydrogen (secondary N) is 2. The second-order valence-corrected chi connectivity index (χ2v) is 7.44. The standard InChI is InChI=1S/C23H24N4O2/c1-2-6-16(7-3-1)23-26-21(24-17-8-4-5-9-17)15-22(27-23)25-18-10-11-19-20(14-18)29-13-12-28-19/h1-3,6-7,10-11,14-15,17H,4-5,8-9,12-13H2,(H2,24,25,26,27). The number of aromatic nitrogens is 2. The fourth-order valence-electron chi connectivity index (χ4n) is 3.85. The van der Waals surface area contributed by atoms with Crippen molar-refractivity contribution in [2.24, 2.45) is 0 Å². The zero-order valence-electron chi connectivity index (χ0n) is 16.2. The molecule has 0 unspecified atom stereocenters. The van der Waals surface area contributed by atoms with E-state index in [1.165, 1.54) is 25.7 Å². The van der Waals surface area contributed by atoms with E-state index in [9.17, 15) is 0 Å². The molecule has 2 aromatic carbocycles. The van der Waals surface area contributed by atoms with E-state index in [4.69, 9.17) is 19.4 Å². The van der Waals surface area contributed by atoms with Crippen LogP contribution in [-0.4, -0.2) is 29.2 Å². The van der Waals surface area contributed by atoms with Gasteiger partial charge in [-0.05, 0) is 25.0 Å². The number of nitrogens with zero attached hydrogens (tertiary/aromatic N) is 2. The molecule has 1 aromatic heterocycles. The molecule has 2 heterocycles. The highest BCUT2D eigenvalue weighted by atomic mass is 16.6. The van der Waals surface area contributed by atoms with Gasteiger partial charge in [-0.2, -0.15) is 0 Å². The van der Waals surface area contributed by atoms with Gasteiger partial charge in [0, 0.05) is 29.4 Å². The van der Waals surface area contributed by atoms with E-state index in [-0.39, 0.29) is 0 Å². The third-order valence-corrected chi connectivity index (χ3v) is 5.28. The van der Waals surface area contributed by atoms with Crippen LogP contribution in [0.3, 0.4) is 0 Å². The normalized spacial score (nSPS) is 15.9. The van der Waals surface area contributed by atoms with Crippen molar-refractivity contribution in [3.05, 3.63) is 54.6 Å². The Labute approximate surface area is 170 Å². The van der Waals surface area contributed by atoms with Gasteiger partial charge in [0.25, 0.3) is 0 Å². The lowest BCUT2D eigenvalue weighted by Crippen LogP contribution is -2.16. The van der Waals surface area contributed by atoms with Gasteiger partial charge in [-0.1, -0.05) is 43.2 Å². The maximum absolute atomic E-state index is 5.70. The van der Waals surface area contributed by atoms with Gasteiger partial charge in [-0.15, -0.1) is 0 Å². The quantitative estimate of drug-likeness (QED) is 0.640. The number of ether oxygens (including phenoxy) is 2. The SMILES string of the molecule is c1ccc(-c2nc(Nc3ccc4c(c3)OCCO4)cc(NC3CCCC3)n2)cc1. The Bertz CT molecular complexity index is 987. The Kier molecular flexibility index (Phi) is 4.90. The molecule has 1 aliphatic carbocycles. The van der Waals surface area contributed by atoms with Gasteiger partial charge in [0.05, 0.1) is 0 Å². The molecule has 6 nitrogen and oxygen atoms in total. The minimum atomic E-state index is 0.482. The maximum Gasteiger partial charge on any atom is 0.163 e. The molecule has 0 bridgehead atoms. The van der Waals surface area contributed by atoms with Gasteiger partial charge in [0.15, 0.2) is 17.3 Å². The molecule has 2 N–H and O–H groups in total. The van der Waals surface area contributed by atoms with Gasteiger partial charge in [0.1, 0.15) is 24.8 Å². The van der Waals surface area contributed by atoms with E-state index in [0.29, 0.717) is 25.1 Å². The molecule has 0 spiro atoms. The molecule has 3 aromatic rings. The summed E-state index contributed by atoms with van der Waals surface area (Å²) in [6.07, 6.45) is 4.93. The van der Waals surface area contributed by atoms with E-state index in [1.807, 2.05) is 54.6 Å². The largest absolute Gasteiger partial charge is 0.486 e. The summed E-state index contributed by atoms with van der Waals surface area (Å²) in [5.41, 5.74) is 1.89. The molecule has 6 heteroatoms. The van der Waals surface area contributed by atoms with Crippen LogP contribution in [0.2, 0.25) is 0 Å². The number of hydrogen-bond acceptors (Lipinski definition) is 6. The minimum absolute atomic E-state index is 0.482. The van der Waals surface area contributed by atoms with Crippen molar-refractivity contribution >= 4 is 17.3 Å². The van der Waals surface area contributed by atoms with Crippen LogP contribution in [0.1, 0.15) is 25.7 Å². The summed E-state index contributed by atoms with van der Waals surface area (Å²) < 4.78 is 11.3. The maximum atomic E-state index is 5.70. The van der Waals surface area contributed by atoms with Gasteiger partial charge >= 0.3 is 0 Å². The van der Waals surface area contributed by atoms with Crippen molar-refractivity contribution in [3.8, 4) is 22.9 Å². The molecule has 1 fully saturated rings. The highest BCUT2D eigenvalue weighted by Crippen LogP contribution is 2.34. The first-order valence-electron chi connectivity index (χ1n) is 10.2. The molecule has 0 saturated heterocycles. The molecule has 0 radical (unpaired) electrons. The van der Waals surface area contributed by atoms with Crippen molar-refractivity contribution < 1.29 is 9.47 Å². The molecule has 1 saturated carbocycles. The van der Waals surface area contributed by atoms with Crippen LogP contribution in [0.4, 0.5) is 17.3 Å². The van der Waals surface area contributed by atoms with Crippen LogP contribution in [0.5, 0.6) is 11.5 Å². The zero-order valence-corrected chi connectivity index (χ0v) is 16.2. The monoisotopic (exact) mass is 388 g/mol. The third kappa shape index (κ3) is 4.11. The summed E-state index contributed by atoms with van der Waals surface area (Å²) in [7, 11) is 0. The smallest absolute Gasteiger partial charge is 0.163 e. The van der Waals surface area contributed by atoms with Crippen LogP contribution in [0.25, 0.3) is 11.4 Å². The van der Waals surface area contributed by atoms with Crippen molar-refractivity contribution in [1.82, 2.24) is 9.97 Å². The molecular formula is C23H24N4O2. The van der Waals surface area contributed by atoms with E-state index >= 15 is 0 Å². The number of benzene rings is 2. The van der Waals surface area contributed by atoms with Gasteiger partial charge in [-0.3, -0.25) is 0 Å². The molecule has 1 aliphatic heterocycles. The first-order chi connectivity index (χ1) is 14.3. The molecule has 2 aliphatic rings. The topological polar surface area (TPSA) is 68.3 Å². The summed E-state index contributed by atoms with van der Waals surface area (Å²) in [5, 5.41) is 6.99. The minimum Gasteiger partial charge on any atom is -0.486 e. The number of fused-ring (bicyclic) bond motifs is 1. The van der Waals surface area contributed by atoms with Crippen molar-refractivity contribution in [2.75, 3.05) is 23.8 Å². The Morgan fingerprint density at radius 1 is 0.793 bits per heavy atom. The van der Waals surface area contributed by atoms with Gasteiger partial charge in [-0.25, -0.2) is 9.97 Å². The predicted octanol–water partition coefficient (Wildman–Crippen LogP) is 5.01. The van der Waals surface area contributed by atoms with E-state index in [0.717, 1.165) is 34.4 Å². The van der Waals surface area contributed by atoms with Gasteiger partial charge in [0.2, 0.25) is 0 Å². The summed E-state index contributed by atoms with van der Waals surface area (Å²) in [6.45, 7) is 1.15. The predicted molar refractivity (Wildman–Crippen MR) is 114 cm³/mol. The van der Waals surface area contributed by atoms with E-state index < -0.39 is 0 Å². The average Bonchev–Trinajstić information content (AvgIpc) is 3.27. The van der Waals surface area contributed by atoms with Crippen molar-refractivity contribution in [2.45, 2.75) is 31.7 Å². The Hall–Kier alpha value is -3.28. The van der Waals surface area contributed by atoms with Crippen LogP contribution in [-0.2, 0) is 0 Å². The summed E-state index contributed by atoms with van der Waals surface area (Å²) in [5.74, 6) is 3.83. The lowest BCUT2D eigenvalue weighted by Gasteiger charge is -2.19. The molecule has 148 valence electrons. The number of anilines is 3. The fraction of sp³-hybridized carbons (Fsp3) is 0.304. The average molecular weight is 388 g/mol. The Morgan fingerprint density at radius 3 is 2.38 bits per heavy atom. The molecule has 0 amide bonds. The fourth-order valence-corrected chi connectivity index (χ4v) is 3.85. The number of rotatable bonds is 5. The van der Waals surface area contributed by atoms with Crippen LogP contribution in [0, 0.1) is 0 Å². The van der Waals surface area contributed by atoms with E-state index in [1.54, 1.807) is 0 Å². The highest BCUT2D eigenvalue weighted by molar-refractivity contribution is 5.67. The van der Waals surface area contributed by atoms with Crippen molar-refractivity contribution in [3.63, 3.8) is 0 Å². The van der Waals surface area contributed by atoms with E-state index in [2.05, 4.69) is 10.6 Å². The first kappa shape index (κ1) is 17.8. The summed E-state index contributed by atoms with van der Waals surface area (Å²) in [6, 6.07) is 18.4. The van der Waals surface area contributed by atoms with Crippen LogP contribution < -0.4 is 20.1 Å². The first-order valence-corrected chi connectivity index (χ1v) is 10.2. The lowest BCUT2D eigenvalue weighted by atomic mass is 10.2. The molecule has 5 rings (SSSR count). The van der Waals surface area contributed by atoms with Crippen LogP contribution >= 0.6 is 0 Å². The van der Waals surface area contributed by atoms with Crippen molar-refractivity contribution in [1.29, 1.82) is 0 Å². The van der Waals surface area contributed by atoms with Crippen LogP contribution in [0.15, 0.2) is 54.6 Å². The second kappa shape index (κ2) is 7.99. The van der Waals surface area contributed by atoms with Gasteiger partial charge < -0.3 is 20.1 Å². The number of hydrogen-bond donors (Lipinski definition) is 2. The Morgan fingerprint density at radius 2 is 1.55 bits per heavy atom. The second-order valence-electron chi connectivity index (χ2n) is 7.44. The summed E-state index contributed by atoms with van der Waals surface area (Å²) in [4.78, 5) is 9.52. The third-order valence-electron chi connectivity index (χ3n) is 5.28. The molecule has 29 heavy (non-hydrogen) atoms. The lowest BCUT2D eigenvalue weighted by molar-refractivity contribution is 0.171. The molecular weight excluding hydrogens is 364 g/mol. The highest BCUT2D eigenvalue weighted by Gasteiger charge is 2.17. The summed E-state index contributed by atoms with van der Waals surface area (Å²) >= 11 is 0. The Balaban J connectivity index is 1.46. The molecule has 0 atom stereocenters.